The van der Waals surface area contributed by atoms with Gasteiger partial charge >= 0.3 is 5.97 Å². The molecule has 1 aromatic carbocycles. The van der Waals surface area contributed by atoms with E-state index in [1.807, 2.05) is 0 Å². The Kier molecular flexibility index (Phi) is 6.11. The lowest BCUT2D eigenvalue weighted by Gasteiger charge is -2.15. The van der Waals surface area contributed by atoms with E-state index in [4.69, 9.17) is 23.7 Å². The van der Waals surface area contributed by atoms with E-state index in [1.165, 1.54) is 27.4 Å². The monoisotopic (exact) mass is 363 g/mol. The van der Waals surface area contributed by atoms with Gasteiger partial charge in [-0.15, -0.1) is 0 Å². The van der Waals surface area contributed by atoms with Crippen molar-refractivity contribution in [1.29, 1.82) is 0 Å². The van der Waals surface area contributed by atoms with Crippen LogP contribution >= 0.6 is 0 Å². The molecule has 1 amide bonds. The first-order chi connectivity index (χ1) is 12.5. The van der Waals surface area contributed by atoms with Crippen LogP contribution in [-0.4, -0.2) is 38.3 Å². The Hall–Kier alpha value is -3.16. The SMILES string of the molecule is CCc1oc(C(=O)NCc2ccc(OC)c(OC)c2OC)cc1C(=O)O. The lowest BCUT2D eigenvalue weighted by Crippen LogP contribution is -2.22. The van der Waals surface area contributed by atoms with Gasteiger partial charge in [0.15, 0.2) is 17.3 Å². The molecule has 8 nitrogen and oxygen atoms in total. The molecule has 0 spiro atoms. The second-order valence-corrected chi connectivity index (χ2v) is 5.28. The Morgan fingerprint density at radius 2 is 1.81 bits per heavy atom. The molecule has 140 valence electrons. The quantitative estimate of drug-likeness (QED) is 0.742. The molecular formula is C18H21NO7. The summed E-state index contributed by atoms with van der Waals surface area (Å²) in [6.07, 6.45) is 0.373. The van der Waals surface area contributed by atoms with Crippen LogP contribution < -0.4 is 19.5 Å². The number of rotatable bonds is 8. The van der Waals surface area contributed by atoms with E-state index in [0.29, 0.717) is 29.2 Å². The van der Waals surface area contributed by atoms with Gasteiger partial charge in [0.05, 0.1) is 21.3 Å². The van der Waals surface area contributed by atoms with Gasteiger partial charge in [-0.3, -0.25) is 4.79 Å². The minimum Gasteiger partial charge on any atom is -0.493 e. The summed E-state index contributed by atoms with van der Waals surface area (Å²) in [5.74, 6) is -0.0994. The van der Waals surface area contributed by atoms with Crippen LogP contribution in [0.4, 0.5) is 0 Å². The Morgan fingerprint density at radius 3 is 2.31 bits per heavy atom. The lowest BCUT2D eigenvalue weighted by atomic mass is 10.1. The fourth-order valence-corrected chi connectivity index (χ4v) is 2.55. The molecule has 26 heavy (non-hydrogen) atoms. The summed E-state index contributed by atoms with van der Waals surface area (Å²) in [7, 11) is 4.49. The van der Waals surface area contributed by atoms with Gasteiger partial charge < -0.3 is 29.1 Å². The van der Waals surface area contributed by atoms with Crippen molar-refractivity contribution in [2.24, 2.45) is 0 Å². The fraction of sp³-hybridized carbons (Fsp3) is 0.333. The Morgan fingerprint density at radius 1 is 1.12 bits per heavy atom. The highest BCUT2D eigenvalue weighted by molar-refractivity contribution is 5.96. The number of furan rings is 1. The molecule has 0 aliphatic rings. The van der Waals surface area contributed by atoms with E-state index < -0.39 is 11.9 Å². The van der Waals surface area contributed by atoms with Crippen LogP contribution in [0.5, 0.6) is 17.2 Å². The average molecular weight is 363 g/mol. The number of benzene rings is 1. The summed E-state index contributed by atoms with van der Waals surface area (Å²) < 4.78 is 21.2. The number of amides is 1. The maximum atomic E-state index is 12.3. The van der Waals surface area contributed by atoms with E-state index in [9.17, 15) is 9.59 Å². The van der Waals surface area contributed by atoms with Crippen LogP contribution in [0.2, 0.25) is 0 Å². The molecule has 0 atom stereocenters. The van der Waals surface area contributed by atoms with Crippen molar-refractivity contribution < 1.29 is 33.3 Å². The molecule has 0 unspecified atom stereocenters. The number of carboxylic acids is 1. The van der Waals surface area contributed by atoms with Gasteiger partial charge in [0, 0.05) is 24.6 Å². The maximum absolute atomic E-state index is 12.3. The third-order valence-electron chi connectivity index (χ3n) is 3.81. The summed E-state index contributed by atoms with van der Waals surface area (Å²) in [4.78, 5) is 23.5. The van der Waals surface area contributed by atoms with Crippen molar-refractivity contribution in [3.8, 4) is 17.2 Å². The number of hydrogen-bond acceptors (Lipinski definition) is 6. The van der Waals surface area contributed by atoms with E-state index >= 15 is 0 Å². The summed E-state index contributed by atoms with van der Waals surface area (Å²) in [5.41, 5.74) is 0.653. The van der Waals surface area contributed by atoms with Crippen molar-refractivity contribution >= 4 is 11.9 Å². The largest absolute Gasteiger partial charge is 0.493 e. The molecule has 2 aromatic rings. The highest BCUT2D eigenvalue weighted by atomic mass is 16.5. The highest BCUT2D eigenvalue weighted by Crippen LogP contribution is 2.39. The third-order valence-corrected chi connectivity index (χ3v) is 3.81. The number of aryl methyl sites for hydroxylation is 1. The van der Waals surface area contributed by atoms with E-state index in [0.717, 1.165) is 0 Å². The number of carbonyl (C=O) groups excluding carboxylic acids is 1. The van der Waals surface area contributed by atoms with Crippen molar-refractivity contribution in [2.75, 3.05) is 21.3 Å². The van der Waals surface area contributed by atoms with Gasteiger partial charge in [0.2, 0.25) is 5.75 Å². The molecule has 0 saturated heterocycles. The van der Waals surface area contributed by atoms with E-state index in [1.54, 1.807) is 19.1 Å². The number of carbonyl (C=O) groups is 2. The standard InChI is InChI=1S/C18H21NO7/c1-5-12-11(18(21)22)8-14(26-12)17(20)19-9-10-6-7-13(23-2)16(25-4)15(10)24-3/h6-8H,5,9H2,1-4H3,(H,19,20)(H,21,22). The van der Waals surface area contributed by atoms with Gasteiger partial charge in [0.1, 0.15) is 11.3 Å². The first-order valence-corrected chi connectivity index (χ1v) is 7.88. The number of carboxylic acid groups (broad SMARTS) is 1. The molecule has 0 bridgehead atoms. The topological polar surface area (TPSA) is 107 Å². The molecule has 0 aliphatic heterocycles. The van der Waals surface area contributed by atoms with Crippen LogP contribution in [0.15, 0.2) is 22.6 Å². The molecule has 0 radical (unpaired) electrons. The fourth-order valence-electron chi connectivity index (χ4n) is 2.55. The lowest BCUT2D eigenvalue weighted by molar-refractivity contribution is 0.0694. The molecule has 1 aromatic heterocycles. The van der Waals surface area contributed by atoms with E-state index in [2.05, 4.69) is 5.32 Å². The molecule has 1 heterocycles. The minimum atomic E-state index is -1.13. The predicted molar refractivity (Wildman–Crippen MR) is 92.3 cm³/mol. The average Bonchev–Trinajstić information content (AvgIpc) is 3.09. The minimum absolute atomic E-state index is 0.0126. The number of aromatic carboxylic acids is 1. The van der Waals surface area contributed by atoms with Gasteiger partial charge in [-0.1, -0.05) is 6.92 Å². The Balaban J connectivity index is 2.21. The molecule has 0 aliphatic carbocycles. The van der Waals surface area contributed by atoms with Crippen molar-refractivity contribution in [3.05, 3.63) is 40.8 Å². The van der Waals surface area contributed by atoms with Gasteiger partial charge in [-0.25, -0.2) is 4.79 Å². The van der Waals surface area contributed by atoms with Crippen LogP contribution in [0.25, 0.3) is 0 Å². The zero-order valence-corrected chi connectivity index (χ0v) is 15.0. The second-order valence-electron chi connectivity index (χ2n) is 5.28. The molecule has 8 heteroatoms. The number of methoxy groups -OCH3 is 3. The zero-order chi connectivity index (χ0) is 19.3. The van der Waals surface area contributed by atoms with E-state index in [-0.39, 0.29) is 23.6 Å². The smallest absolute Gasteiger partial charge is 0.339 e. The number of nitrogens with one attached hydrogen (secondary N) is 1. The van der Waals surface area contributed by atoms with Crippen LogP contribution in [0, 0.1) is 0 Å². The first-order valence-electron chi connectivity index (χ1n) is 7.88. The summed E-state index contributed by atoms with van der Waals surface area (Å²) >= 11 is 0. The third kappa shape index (κ3) is 3.74. The highest BCUT2D eigenvalue weighted by Gasteiger charge is 2.21. The summed E-state index contributed by atoms with van der Waals surface area (Å²) in [6, 6.07) is 4.67. The number of hydrogen-bond donors (Lipinski definition) is 2. The second kappa shape index (κ2) is 8.28. The van der Waals surface area contributed by atoms with Crippen LogP contribution in [-0.2, 0) is 13.0 Å². The Labute approximate surface area is 150 Å². The number of ether oxygens (including phenoxy) is 3. The van der Waals surface area contributed by atoms with Crippen molar-refractivity contribution in [1.82, 2.24) is 5.32 Å². The zero-order valence-electron chi connectivity index (χ0n) is 15.0. The van der Waals surface area contributed by atoms with Crippen molar-refractivity contribution in [3.63, 3.8) is 0 Å². The first kappa shape index (κ1) is 19.2. The molecule has 2 N–H and O–H groups in total. The van der Waals surface area contributed by atoms with Gasteiger partial charge in [-0.2, -0.15) is 0 Å². The molecule has 0 fully saturated rings. The maximum Gasteiger partial charge on any atom is 0.339 e. The van der Waals surface area contributed by atoms with Crippen LogP contribution in [0.1, 0.15) is 39.2 Å². The predicted octanol–water partition coefficient (Wildman–Crippen LogP) is 2.50. The van der Waals surface area contributed by atoms with Gasteiger partial charge in [0.25, 0.3) is 5.91 Å². The van der Waals surface area contributed by atoms with Crippen molar-refractivity contribution in [2.45, 2.75) is 19.9 Å². The van der Waals surface area contributed by atoms with Crippen LogP contribution in [0.3, 0.4) is 0 Å². The summed E-state index contributed by atoms with van der Waals surface area (Å²) in [5, 5.41) is 11.8. The Bertz CT molecular complexity index is 810. The van der Waals surface area contributed by atoms with Gasteiger partial charge in [-0.05, 0) is 12.1 Å². The normalized spacial score (nSPS) is 10.3. The molecule has 2 rings (SSSR count). The molecular weight excluding hydrogens is 342 g/mol. The summed E-state index contributed by atoms with van der Waals surface area (Å²) in [6.45, 7) is 1.88. The molecule has 0 saturated carbocycles.